The second-order valence-electron chi connectivity index (χ2n) is 4.07. The van der Waals surface area contributed by atoms with E-state index in [0.29, 0.717) is 6.10 Å². The molecule has 0 aromatic heterocycles. The average molecular weight is 201 g/mol. The van der Waals surface area contributed by atoms with Crippen LogP contribution in [0.2, 0.25) is 0 Å². The highest BCUT2D eigenvalue weighted by Crippen LogP contribution is 2.32. The summed E-state index contributed by atoms with van der Waals surface area (Å²) in [5.41, 5.74) is 0. The first-order chi connectivity index (χ1) is 6.66. The lowest BCUT2D eigenvalue weighted by atomic mass is 9.97. The van der Waals surface area contributed by atoms with E-state index in [9.17, 15) is 0 Å². The van der Waals surface area contributed by atoms with Crippen LogP contribution in [0.4, 0.5) is 0 Å². The first-order valence-corrected chi connectivity index (χ1v) is 5.86. The number of rotatable bonds is 3. The molecule has 1 aliphatic carbocycles. The number of nitrogens with zero attached hydrogens (tertiary/aromatic N) is 1. The van der Waals surface area contributed by atoms with E-state index in [-0.39, 0.29) is 0 Å². The molecule has 1 fully saturated rings. The molecule has 14 heavy (non-hydrogen) atoms. The van der Waals surface area contributed by atoms with Gasteiger partial charge < -0.3 is 9.64 Å². The molecule has 0 radical (unpaired) electrons. The van der Waals surface area contributed by atoms with Crippen molar-refractivity contribution < 1.29 is 4.74 Å². The van der Waals surface area contributed by atoms with E-state index in [1.165, 1.54) is 19.3 Å². The highest BCUT2D eigenvalue weighted by Gasteiger charge is 2.32. The van der Waals surface area contributed by atoms with Crippen molar-refractivity contribution in [3.05, 3.63) is 0 Å². The van der Waals surface area contributed by atoms with Gasteiger partial charge in [0.15, 0.2) is 0 Å². The monoisotopic (exact) mass is 201 g/mol. The molecule has 1 saturated carbocycles. The zero-order valence-electron chi connectivity index (χ0n) is 10.7. The van der Waals surface area contributed by atoms with Crippen LogP contribution < -0.4 is 0 Å². The number of methoxy groups -OCH3 is 1. The Labute approximate surface area is 89.6 Å². The number of hydrogen-bond donors (Lipinski definition) is 0. The molecular weight excluding hydrogens is 174 g/mol. The van der Waals surface area contributed by atoms with E-state index in [4.69, 9.17) is 4.74 Å². The molecule has 0 aromatic rings. The fourth-order valence-corrected chi connectivity index (χ4v) is 2.33. The van der Waals surface area contributed by atoms with Crippen LogP contribution in [-0.2, 0) is 4.74 Å². The van der Waals surface area contributed by atoms with Gasteiger partial charge in [0.1, 0.15) is 0 Å². The van der Waals surface area contributed by atoms with E-state index in [2.05, 4.69) is 25.9 Å². The molecule has 0 aromatic carbocycles. The molecule has 0 amide bonds. The van der Waals surface area contributed by atoms with Crippen molar-refractivity contribution in [1.29, 1.82) is 0 Å². The quantitative estimate of drug-likeness (QED) is 0.696. The third-order valence-electron chi connectivity index (χ3n) is 3.17. The Kier molecular flexibility index (Phi) is 7.20. The molecule has 2 nitrogen and oxygen atoms in total. The van der Waals surface area contributed by atoms with Crippen molar-refractivity contribution in [1.82, 2.24) is 4.90 Å². The van der Waals surface area contributed by atoms with Gasteiger partial charge in [-0.15, -0.1) is 0 Å². The highest BCUT2D eigenvalue weighted by atomic mass is 16.5. The van der Waals surface area contributed by atoms with Gasteiger partial charge in [0.2, 0.25) is 0 Å². The van der Waals surface area contributed by atoms with Gasteiger partial charge in [-0.05, 0) is 33.9 Å². The van der Waals surface area contributed by atoms with Gasteiger partial charge in [-0.2, -0.15) is 0 Å². The maximum atomic E-state index is 5.39. The summed E-state index contributed by atoms with van der Waals surface area (Å²) in [5.74, 6) is 0.741. The Hall–Kier alpha value is -0.0800. The smallest absolute Gasteiger partial charge is 0.0586 e. The van der Waals surface area contributed by atoms with Crippen molar-refractivity contribution >= 4 is 0 Å². The number of hydrogen-bond acceptors (Lipinski definition) is 2. The predicted octanol–water partition coefficient (Wildman–Crippen LogP) is 2.78. The zero-order valence-corrected chi connectivity index (χ0v) is 10.7. The van der Waals surface area contributed by atoms with Crippen molar-refractivity contribution in [3.8, 4) is 0 Å². The lowest BCUT2D eigenvalue weighted by Gasteiger charge is -2.29. The Morgan fingerprint density at radius 3 is 2.21 bits per heavy atom. The molecule has 1 rings (SSSR count). The molecule has 0 saturated heterocycles. The molecule has 0 heterocycles. The molecule has 1 unspecified atom stereocenters. The van der Waals surface area contributed by atoms with Crippen molar-refractivity contribution in [2.24, 2.45) is 5.92 Å². The first-order valence-electron chi connectivity index (χ1n) is 5.86. The molecule has 3 atom stereocenters. The average Bonchev–Trinajstić information content (AvgIpc) is 2.68. The Morgan fingerprint density at radius 2 is 1.79 bits per heavy atom. The van der Waals surface area contributed by atoms with Crippen molar-refractivity contribution in [3.63, 3.8) is 0 Å². The van der Waals surface area contributed by atoms with Gasteiger partial charge in [0.25, 0.3) is 0 Å². The second kappa shape index (κ2) is 7.24. The van der Waals surface area contributed by atoms with Crippen LogP contribution in [0.1, 0.15) is 40.0 Å². The number of ether oxygens (including phenoxy) is 1. The maximum absolute atomic E-state index is 5.39. The Bertz CT molecular complexity index is 136. The zero-order chi connectivity index (χ0) is 11.1. The normalized spacial score (nSPS) is 28.5. The van der Waals surface area contributed by atoms with Crippen LogP contribution in [0.3, 0.4) is 0 Å². The summed E-state index contributed by atoms with van der Waals surface area (Å²) in [5, 5.41) is 0. The minimum absolute atomic E-state index is 0.417. The SMILES string of the molecule is CC.CO[C@@H](C)[C@@H]1CCCC1N(C)C. The van der Waals surface area contributed by atoms with E-state index >= 15 is 0 Å². The lowest BCUT2D eigenvalue weighted by Crippen LogP contribution is -2.37. The topological polar surface area (TPSA) is 12.5 Å². The van der Waals surface area contributed by atoms with Crippen LogP contribution in [-0.4, -0.2) is 38.3 Å². The fourth-order valence-electron chi connectivity index (χ4n) is 2.33. The van der Waals surface area contributed by atoms with E-state index in [1.54, 1.807) is 0 Å². The highest BCUT2D eigenvalue weighted by molar-refractivity contribution is 4.86. The van der Waals surface area contributed by atoms with E-state index in [0.717, 1.165) is 12.0 Å². The van der Waals surface area contributed by atoms with E-state index in [1.807, 2.05) is 21.0 Å². The first kappa shape index (κ1) is 13.9. The van der Waals surface area contributed by atoms with Crippen LogP contribution in [0.5, 0.6) is 0 Å². The van der Waals surface area contributed by atoms with Crippen LogP contribution in [0, 0.1) is 5.92 Å². The molecule has 2 heteroatoms. The standard InChI is InChI=1S/C10H21NO.C2H6/c1-8(12-4)9-6-5-7-10(9)11(2)3;1-2/h8-10H,5-7H2,1-4H3;1-2H3/t8-,9-,10?;/m0./s1. The summed E-state index contributed by atoms with van der Waals surface area (Å²) in [6.07, 6.45) is 4.45. The van der Waals surface area contributed by atoms with Crippen LogP contribution >= 0.6 is 0 Å². The van der Waals surface area contributed by atoms with Crippen molar-refractivity contribution in [2.45, 2.75) is 52.2 Å². The lowest BCUT2D eigenvalue weighted by molar-refractivity contribution is 0.0404. The predicted molar refractivity (Wildman–Crippen MR) is 62.6 cm³/mol. The Balaban J connectivity index is 0.000000791. The van der Waals surface area contributed by atoms with Gasteiger partial charge in [0, 0.05) is 19.1 Å². The summed E-state index contributed by atoms with van der Waals surface area (Å²) in [4.78, 5) is 2.34. The van der Waals surface area contributed by atoms with Gasteiger partial charge in [-0.25, -0.2) is 0 Å². The molecule has 0 N–H and O–H groups in total. The van der Waals surface area contributed by atoms with Crippen molar-refractivity contribution in [2.75, 3.05) is 21.2 Å². The van der Waals surface area contributed by atoms with E-state index < -0.39 is 0 Å². The molecule has 86 valence electrons. The largest absolute Gasteiger partial charge is 0.381 e. The molecule has 0 bridgehead atoms. The molecular formula is C12H27NO. The molecule has 1 aliphatic rings. The summed E-state index contributed by atoms with van der Waals surface area (Å²) in [6, 6.07) is 0.736. The van der Waals surface area contributed by atoms with Gasteiger partial charge in [0.05, 0.1) is 6.10 Å². The third kappa shape index (κ3) is 3.58. The summed E-state index contributed by atoms with van der Waals surface area (Å²) < 4.78 is 5.39. The maximum Gasteiger partial charge on any atom is 0.0586 e. The van der Waals surface area contributed by atoms with Crippen LogP contribution in [0.25, 0.3) is 0 Å². The van der Waals surface area contributed by atoms with Gasteiger partial charge >= 0.3 is 0 Å². The fraction of sp³-hybridized carbons (Fsp3) is 1.00. The Morgan fingerprint density at radius 1 is 1.21 bits per heavy atom. The van der Waals surface area contributed by atoms with Crippen LogP contribution in [0.15, 0.2) is 0 Å². The summed E-state index contributed by atoms with van der Waals surface area (Å²) in [7, 11) is 6.16. The van der Waals surface area contributed by atoms with Gasteiger partial charge in [-0.3, -0.25) is 0 Å². The minimum atomic E-state index is 0.417. The third-order valence-corrected chi connectivity index (χ3v) is 3.17. The molecule has 0 aliphatic heterocycles. The van der Waals surface area contributed by atoms with Gasteiger partial charge in [-0.1, -0.05) is 20.3 Å². The molecule has 0 spiro atoms. The summed E-state index contributed by atoms with van der Waals surface area (Å²) >= 11 is 0. The minimum Gasteiger partial charge on any atom is -0.381 e. The summed E-state index contributed by atoms with van der Waals surface area (Å²) in [6.45, 7) is 6.19. The second-order valence-corrected chi connectivity index (χ2v) is 4.07.